The minimum Gasteiger partial charge on any atom is -0.355 e. The second-order valence-electron chi connectivity index (χ2n) is 3.48. The highest BCUT2D eigenvalue weighted by Gasteiger charge is 2.16. The number of nitrogens with two attached hydrogens (primary N) is 1. The van der Waals surface area contributed by atoms with Crippen LogP contribution in [-0.2, 0) is 4.79 Å². The van der Waals surface area contributed by atoms with E-state index < -0.39 is 0 Å². The van der Waals surface area contributed by atoms with Crippen molar-refractivity contribution in [1.82, 2.24) is 15.6 Å². The monoisotopic (exact) mass is 213 g/mol. The number of rotatable bonds is 3. The molecule has 1 saturated heterocycles. The van der Waals surface area contributed by atoms with Crippen molar-refractivity contribution in [1.29, 1.82) is 0 Å². The van der Waals surface area contributed by atoms with Gasteiger partial charge in [0.15, 0.2) is 0 Å². The molecule has 1 fully saturated rings. The lowest BCUT2D eigenvalue weighted by Crippen LogP contribution is -2.42. The molecule has 0 bridgehead atoms. The lowest BCUT2D eigenvalue weighted by molar-refractivity contribution is -0.129. The molecule has 1 rings (SSSR count). The summed E-state index contributed by atoms with van der Waals surface area (Å²) in [4.78, 5) is 17.3. The van der Waals surface area contributed by atoms with Crippen LogP contribution in [0, 0.1) is 0 Å². The molecule has 0 aromatic carbocycles. The molecule has 4 N–H and O–H groups in total. The van der Waals surface area contributed by atoms with Gasteiger partial charge in [0.2, 0.25) is 11.9 Å². The zero-order valence-corrected chi connectivity index (χ0v) is 9.12. The summed E-state index contributed by atoms with van der Waals surface area (Å²) in [6, 6.07) is 0. The molecule has 6 nitrogen and oxygen atoms in total. The molecule has 86 valence electrons. The fourth-order valence-electron chi connectivity index (χ4n) is 1.61. The zero-order chi connectivity index (χ0) is 11.1. The van der Waals surface area contributed by atoms with E-state index >= 15 is 0 Å². The second-order valence-corrected chi connectivity index (χ2v) is 3.48. The molecular weight excluding hydrogens is 194 g/mol. The Hall–Kier alpha value is -1.30. The molecule has 15 heavy (non-hydrogen) atoms. The maximum atomic E-state index is 11.6. The molecule has 6 heteroatoms. The molecule has 0 atom stereocenters. The smallest absolute Gasteiger partial charge is 0.224 e. The van der Waals surface area contributed by atoms with Crippen LogP contribution in [0.5, 0.6) is 0 Å². The molecule has 0 saturated carbocycles. The molecule has 0 aromatic rings. The third-order valence-corrected chi connectivity index (χ3v) is 2.45. The van der Waals surface area contributed by atoms with Crippen LogP contribution in [0.25, 0.3) is 0 Å². The summed E-state index contributed by atoms with van der Waals surface area (Å²) in [6.07, 6.45) is 2.75. The van der Waals surface area contributed by atoms with Crippen LogP contribution in [0.4, 0.5) is 0 Å². The number of hydrazine groups is 1. The highest BCUT2D eigenvalue weighted by molar-refractivity contribution is 5.80. The Morgan fingerprint density at radius 2 is 2.13 bits per heavy atom. The minimum absolute atomic E-state index is 0.201. The van der Waals surface area contributed by atoms with E-state index in [0.29, 0.717) is 18.9 Å². The number of likely N-dealkylation sites (tertiary alicyclic amines) is 1. The molecule has 1 amide bonds. The second kappa shape index (κ2) is 6.23. The molecule has 1 aliphatic heterocycles. The highest BCUT2D eigenvalue weighted by Crippen LogP contribution is 2.08. The van der Waals surface area contributed by atoms with Crippen LogP contribution in [-0.4, -0.2) is 43.4 Å². The molecule has 0 unspecified atom stereocenters. The first kappa shape index (κ1) is 11.8. The van der Waals surface area contributed by atoms with Gasteiger partial charge in [0, 0.05) is 33.1 Å². The van der Waals surface area contributed by atoms with Gasteiger partial charge in [0.25, 0.3) is 0 Å². The number of nitrogens with zero attached hydrogens (tertiary/aromatic N) is 2. The molecule has 0 spiro atoms. The van der Waals surface area contributed by atoms with Gasteiger partial charge in [-0.05, 0) is 12.8 Å². The standard InChI is InChI=1S/C9H19N5O/c1-11-9(13-10)12-5-4-8(15)14-6-2-3-7-14/h2-7,10H2,1H3,(H2,11,12,13). The molecule has 0 aromatic heterocycles. The molecule has 0 aliphatic carbocycles. The first-order chi connectivity index (χ1) is 7.27. The van der Waals surface area contributed by atoms with Gasteiger partial charge in [-0.2, -0.15) is 0 Å². The molecular formula is C9H19N5O. The van der Waals surface area contributed by atoms with Crippen molar-refractivity contribution in [3.8, 4) is 0 Å². The fraction of sp³-hybridized carbons (Fsp3) is 0.778. The third-order valence-electron chi connectivity index (χ3n) is 2.45. The maximum absolute atomic E-state index is 11.6. The summed E-state index contributed by atoms with van der Waals surface area (Å²) >= 11 is 0. The Morgan fingerprint density at radius 3 is 2.67 bits per heavy atom. The number of hydrogen-bond donors (Lipinski definition) is 3. The van der Waals surface area contributed by atoms with Crippen LogP contribution in [0.2, 0.25) is 0 Å². The van der Waals surface area contributed by atoms with Crippen LogP contribution >= 0.6 is 0 Å². The largest absolute Gasteiger partial charge is 0.355 e. The van der Waals surface area contributed by atoms with Crippen molar-refractivity contribution in [3.63, 3.8) is 0 Å². The Morgan fingerprint density at radius 1 is 1.47 bits per heavy atom. The van der Waals surface area contributed by atoms with Crippen LogP contribution in [0.15, 0.2) is 4.99 Å². The number of guanidine groups is 1. The fourth-order valence-corrected chi connectivity index (χ4v) is 1.61. The number of nitrogens with one attached hydrogen (secondary N) is 2. The van der Waals surface area contributed by atoms with E-state index in [-0.39, 0.29) is 5.91 Å². The van der Waals surface area contributed by atoms with E-state index in [1.807, 2.05) is 4.90 Å². The van der Waals surface area contributed by atoms with Crippen molar-refractivity contribution in [2.45, 2.75) is 19.3 Å². The predicted molar refractivity (Wildman–Crippen MR) is 59.1 cm³/mol. The normalized spacial score (nSPS) is 16.7. The van der Waals surface area contributed by atoms with Gasteiger partial charge in [-0.25, -0.2) is 5.84 Å². The number of amides is 1. The van der Waals surface area contributed by atoms with Gasteiger partial charge in [-0.3, -0.25) is 15.2 Å². The quantitative estimate of drug-likeness (QED) is 0.244. The van der Waals surface area contributed by atoms with Gasteiger partial charge in [0.05, 0.1) is 0 Å². The van der Waals surface area contributed by atoms with Gasteiger partial charge < -0.3 is 10.2 Å². The van der Waals surface area contributed by atoms with Crippen molar-refractivity contribution < 1.29 is 4.79 Å². The van der Waals surface area contributed by atoms with Crippen LogP contribution < -0.4 is 16.6 Å². The lowest BCUT2D eigenvalue weighted by Gasteiger charge is -2.15. The topological polar surface area (TPSA) is 82.7 Å². The first-order valence-corrected chi connectivity index (χ1v) is 5.23. The summed E-state index contributed by atoms with van der Waals surface area (Å²) in [6.45, 7) is 2.37. The van der Waals surface area contributed by atoms with E-state index in [4.69, 9.17) is 5.84 Å². The Bertz CT molecular complexity index is 235. The maximum Gasteiger partial charge on any atom is 0.224 e. The van der Waals surface area contributed by atoms with Gasteiger partial charge in [0.1, 0.15) is 0 Å². The van der Waals surface area contributed by atoms with Crippen molar-refractivity contribution >= 4 is 11.9 Å². The number of carbonyl (C=O) groups is 1. The number of hydrogen-bond acceptors (Lipinski definition) is 3. The van der Waals surface area contributed by atoms with Crippen molar-refractivity contribution in [2.24, 2.45) is 10.8 Å². The van der Waals surface area contributed by atoms with Crippen molar-refractivity contribution in [2.75, 3.05) is 26.7 Å². The van der Waals surface area contributed by atoms with E-state index in [1.165, 1.54) is 0 Å². The molecule has 1 aliphatic rings. The van der Waals surface area contributed by atoms with Crippen LogP contribution in [0.3, 0.4) is 0 Å². The Kier molecular flexibility index (Phi) is 4.89. The number of carbonyl (C=O) groups excluding carboxylic acids is 1. The predicted octanol–water partition coefficient (Wildman–Crippen LogP) is -0.962. The summed E-state index contributed by atoms with van der Waals surface area (Å²) in [5, 5.41) is 2.94. The average Bonchev–Trinajstić information content (AvgIpc) is 2.77. The van der Waals surface area contributed by atoms with Gasteiger partial charge in [-0.15, -0.1) is 0 Å². The van der Waals surface area contributed by atoms with E-state index in [0.717, 1.165) is 25.9 Å². The summed E-state index contributed by atoms with van der Waals surface area (Å²) in [7, 11) is 1.63. The SMILES string of the molecule is CN=C(NN)NCCC(=O)N1CCCC1. The molecule has 1 heterocycles. The average molecular weight is 213 g/mol. The summed E-state index contributed by atoms with van der Waals surface area (Å²) in [5.41, 5.74) is 2.41. The van der Waals surface area contributed by atoms with Crippen molar-refractivity contribution in [3.05, 3.63) is 0 Å². The van der Waals surface area contributed by atoms with Gasteiger partial charge >= 0.3 is 0 Å². The zero-order valence-electron chi connectivity index (χ0n) is 9.12. The van der Waals surface area contributed by atoms with E-state index in [1.54, 1.807) is 7.05 Å². The summed E-state index contributed by atoms with van der Waals surface area (Å²) < 4.78 is 0. The summed E-state index contributed by atoms with van der Waals surface area (Å²) in [5.74, 6) is 5.89. The van der Waals surface area contributed by atoms with E-state index in [9.17, 15) is 4.79 Å². The molecule has 0 radical (unpaired) electrons. The first-order valence-electron chi connectivity index (χ1n) is 5.23. The third kappa shape index (κ3) is 3.75. The van der Waals surface area contributed by atoms with Gasteiger partial charge in [-0.1, -0.05) is 0 Å². The Labute approximate surface area is 89.9 Å². The van der Waals surface area contributed by atoms with Crippen LogP contribution in [0.1, 0.15) is 19.3 Å². The Balaban J connectivity index is 2.16. The lowest BCUT2D eigenvalue weighted by atomic mass is 10.3. The van der Waals surface area contributed by atoms with E-state index in [2.05, 4.69) is 15.7 Å². The number of aliphatic imine (C=N–C) groups is 1. The minimum atomic E-state index is 0.201. The highest BCUT2D eigenvalue weighted by atomic mass is 16.2.